The first-order valence-corrected chi connectivity index (χ1v) is 8.20. The fourth-order valence-corrected chi connectivity index (χ4v) is 2.76. The summed E-state index contributed by atoms with van der Waals surface area (Å²) in [6.45, 7) is 0.167. The van der Waals surface area contributed by atoms with Gasteiger partial charge in [-0.15, -0.1) is 11.8 Å². The Morgan fingerprint density at radius 1 is 1.33 bits per heavy atom. The van der Waals surface area contributed by atoms with Gasteiger partial charge in [0.1, 0.15) is 5.82 Å². The number of halogens is 1. The number of carbonyl (C=O) groups excluding carboxylic acids is 1. The van der Waals surface area contributed by atoms with Crippen LogP contribution >= 0.6 is 11.8 Å². The van der Waals surface area contributed by atoms with Gasteiger partial charge in [-0.1, -0.05) is 5.16 Å². The number of nitrogens with zero attached hydrogens (tertiary/aromatic N) is 3. The van der Waals surface area contributed by atoms with Crippen molar-refractivity contribution in [1.82, 2.24) is 20.0 Å². The second kappa shape index (κ2) is 7.31. The number of amides is 1. The van der Waals surface area contributed by atoms with E-state index in [1.54, 1.807) is 12.1 Å². The Kier molecular flexibility index (Phi) is 4.95. The number of hydrogen-bond donors (Lipinski definition) is 1. The highest BCUT2D eigenvalue weighted by atomic mass is 32.2. The van der Waals surface area contributed by atoms with Crippen molar-refractivity contribution in [3.63, 3.8) is 0 Å². The van der Waals surface area contributed by atoms with Crippen LogP contribution in [-0.4, -0.2) is 26.4 Å². The van der Waals surface area contributed by atoms with E-state index < -0.39 is 0 Å². The molecule has 0 aliphatic carbocycles. The SMILES string of the molecule is Cn1cccc1-c1noc(CNC(=O)CSc2ccc(F)cc2)n1. The van der Waals surface area contributed by atoms with Gasteiger partial charge in [0.05, 0.1) is 18.0 Å². The van der Waals surface area contributed by atoms with Crippen LogP contribution in [0.1, 0.15) is 5.89 Å². The topological polar surface area (TPSA) is 73.0 Å². The molecule has 2 heterocycles. The number of aryl methyl sites for hydroxylation is 1. The molecule has 2 aromatic heterocycles. The Bertz CT molecular complexity index is 829. The summed E-state index contributed by atoms with van der Waals surface area (Å²) >= 11 is 1.33. The zero-order chi connectivity index (χ0) is 16.9. The molecule has 0 saturated heterocycles. The van der Waals surface area contributed by atoms with Crippen molar-refractivity contribution in [1.29, 1.82) is 0 Å². The molecule has 3 rings (SSSR count). The number of aromatic nitrogens is 3. The third-order valence-corrected chi connectivity index (χ3v) is 4.27. The van der Waals surface area contributed by atoms with E-state index in [0.717, 1.165) is 10.6 Å². The van der Waals surface area contributed by atoms with Crippen molar-refractivity contribution in [2.24, 2.45) is 7.05 Å². The summed E-state index contributed by atoms with van der Waals surface area (Å²) in [4.78, 5) is 16.9. The van der Waals surface area contributed by atoms with Crippen LogP contribution in [-0.2, 0) is 18.4 Å². The predicted molar refractivity (Wildman–Crippen MR) is 87.7 cm³/mol. The van der Waals surface area contributed by atoms with Gasteiger partial charge in [0.15, 0.2) is 0 Å². The largest absolute Gasteiger partial charge is 0.348 e. The summed E-state index contributed by atoms with van der Waals surface area (Å²) in [5.41, 5.74) is 0.836. The lowest BCUT2D eigenvalue weighted by Crippen LogP contribution is -2.24. The summed E-state index contributed by atoms with van der Waals surface area (Å²) < 4.78 is 19.8. The van der Waals surface area contributed by atoms with Gasteiger partial charge >= 0.3 is 0 Å². The fourth-order valence-electron chi connectivity index (χ4n) is 2.03. The average molecular weight is 346 g/mol. The Morgan fingerprint density at radius 2 is 2.12 bits per heavy atom. The molecule has 124 valence electrons. The first-order valence-electron chi connectivity index (χ1n) is 7.21. The minimum absolute atomic E-state index is 0.164. The molecule has 3 aromatic rings. The Hall–Kier alpha value is -2.61. The number of hydrogen-bond acceptors (Lipinski definition) is 5. The van der Waals surface area contributed by atoms with Crippen LogP contribution in [0.2, 0.25) is 0 Å². The third kappa shape index (κ3) is 4.02. The van der Waals surface area contributed by atoms with E-state index in [-0.39, 0.29) is 24.0 Å². The molecule has 0 spiro atoms. The first kappa shape index (κ1) is 16.3. The van der Waals surface area contributed by atoms with E-state index in [9.17, 15) is 9.18 Å². The average Bonchev–Trinajstić information content (AvgIpc) is 3.21. The third-order valence-electron chi connectivity index (χ3n) is 3.26. The Labute approximate surface area is 142 Å². The normalized spacial score (nSPS) is 10.8. The number of rotatable bonds is 6. The van der Waals surface area contributed by atoms with Gasteiger partial charge in [-0.25, -0.2) is 4.39 Å². The molecular weight excluding hydrogens is 331 g/mol. The van der Waals surface area contributed by atoms with Gasteiger partial charge in [-0.3, -0.25) is 4.79 Å². The van der Waals surface area contributed by atoms with Crippen molar-refractivity contribution < 1.29 is 13.7 Å². The maximum Gasteiger partial charge on any atom is 0.246 e. The van der Waals surface area contributed by atoms with E-state index in [4.69, 9.17) is 4.52 Å². The van der Waals surface area contributed by atoms with Crippen molar-refractivity contribution >= 4 is 17.7 Å². The minimum atomic E-state index is -0.297. The molecular formula is C16H15FN4O2S. The lowest BCUT2D eigenvalue weighted by Gasteiger charge is -2.02. The molecule has 0 bridgehead atoms. The molecule has 1 amide bonds. The van der Waals surface area contributed by atoms with Crippen LogP contribution in [0.5, 0.6) is 0 Å². The molecule has 0 saturated carbocycles. The fraction of sp³-hybridized carbons (Fsp3) is 0.188. The molecule has 0 unspecified atom stereocenters. The minimum Gasteiger partial charge on any atom is -0.348 e. The molecule has 0 atom stereocenters. The molecule has 1 N–H and O–H groups in total. The number of carbonyl (C=O) groups is 1. The summed E-state index contributed by atoms with van der Waals surface area (Å²) in [5.74, 6) is 0.584. The molecule has 0 radical (unpaired) electrons. The summed E-state index contributed by atoms with van der Waals surface area (Å²) in [6.07, 6.45) is 1.89. The lowest BCUT2D eigenvalue weighted by atomic mass is 10.4. The highest BCUT2D eigenvalue weighted by Gasteiger charge is 2.12. The zero-order valence-electron chi connectivity index (χ0n) is 12.9. The van der Waals surface area contributed by atoms with Crippen molar-refractivity contribution in [2.45, 2.75) is 11.4 Å². The maximum atomic E-state index is 12.8. The molecule has 1 aromatic carbocycles. The van der Waals surface area contributed by atoms with Crippen molar-refractivity contribution in [2.75, 3.05) is 5.75 Å². The Morgan fingerprint density at radius 3 is 2.83 bits per heavy atom. The van der Waals surface area contributed by atoms with Crippen LogP contribution in [0, 0.1) is 5.82 Å². The van der Waals surface area contributed by atoms with Crippen LogP contribution in [0.25, 0.3) is 11.5 Å². The number of thioether (sulfide) groups is 1. The van der Waals surface area contributed by atoms with Crippen molar-refractivity contribution in [3.05, 3.63) is 54.3 Å². The molecule has 0 aliphatic heterocycles. The van der Waals surface area contributed by atoms with Gasteiger partial charge in [0, 0.05) is 18.1 Å². The number of nitrogens with one attached hydrogen (secondary N) is 1. The van der Waals surface area contributed by atoms with E-state index in [1.807, 2.05) is 29.9 Å². The van der Waals surface area contributed by atoms with Gasteiger partial charge in [0.25, 0.3) is 0 Å². The Balaban J connectivity index is 1.49. The molecule has 8 heteroatoms. The van der Waals surface area contributed by atoms with E-state index in [0.29, 0.717) is 11.7 Å². The predicted octanol–water partition coefficient (Wildman–Crippen LogP) is 2.62. The zero-order valence-corrected chi connectivity index (χ0v) is 13.7. The van der Waals surface area contributed by atoms with Gasteiger partial charge in [-0.2, -0.15) is 4.98 Å². The highest BCUT2D eigenvalue weighted by molar-refractivity contribution is 8.00. The maximum absolute atomic E-state index is 12.8. The second-order valence-electron chi connectivity index (χ2n) is 5.04. The lowest BCUT2D eigenvalue weighted by molar-refractivity contribution is -0.118. The van der Waals surface area contributed by atoms with Crippen LogP contribution < -0.4 is 5.32 Å². The summed E-state index contributed by atoms with van der Waals surface area (Å²) in [5, 5.41) is 6.62. The second-order valence-corrected chi connectivity index (χ2v) is 6.08. The monoisotopic (exact) mass is 346 g/mol. The highest BCUT2D eigenvalue weighted by Crippen LogP contribution is 2.18. The van der Waals surface area contributed by atoms with Gasteiger partial charge in [0.2, 0.25) is 17.6 Å². The van der Waals surface area contributed by atoms with Crippen LogP contribution in [0.3, 0.4) is 0 Å². The van der Waals surface area contributed by atoms with E-state index >= 15 is 0 Å². The standard InChI is InChI=1S/C16H15FN4O2S/c1-21-8-2-3-13(21)16-19-15(23-20-16)9-18-14(22)10-24-12-6-4-11(17)5-7-12/h2-8H,9-10H2,1H3,(H,18,22). The number of benzene rings is 1. The van der Waals surface area contributed by atoms with E-state index in [1.165, 1.54) is 23.9 Å². The first-order chi connectivity index (χ1) is 11.6. The molecule has 24 heavy (non-hydrogen) atoms. The van der Waals surface area contributed by atoms with Gasteiger partial charge < -0.3 is 14.4 Å². The molecule has 0 fully saturated rings. The summed E-state index contributed by atoms with van der Waals surface area (Å²) in [6, 6.07) is 9.77. The van der Waals surface area contributed by atoms with Crippen LogP contribution in [0.15, 0.2) is 52.0 Å². The molecule has 0 aliphatic rings. The van der Waals surface area contributed by atoms with Gasteiger partial charge in [-0.05, 0) is 36.4 Å². The van der Waals surface area contributed by atoms with Crippen molar-refractivity contribution in [3.8, 4) is 11.5 Å². The summed E-state index contributed by atoms with van der Waals surface area (Å²) in [7, 11) is 1.89. The quantitative estimate of drug-likeness (QED) is 0.695. The van der Waals surface area contributed by atoms with Crippen LogP contribution in [0.4, 0.5) is 4.39 Å². The molecule has 6 nitrogen and oxygen atoms in total. The van der Waals surface area contributed by atoms with E-state index in [2.05, 4.69) is 15.5 Å². The smallest absolute Gasteiger partial charge is 0.246 e.